The van der Waals surface area contributed by atoms with Crippen LogP contribution in [-0.2, 0) is 0 Å². The van der Waals surface area contributed by atoms with Gasteiger partial charge in [0, 0.05) is 29.4 Å². The third-order valence-corrected chi connectivity index (χ3v) is 6.42. The highest BCUT2D eigenvalue weighted by Gasteiger charge is 2.24. The number of hydrogen-bond acceptors (Lipinski definition) is 2. The fraction of sp³-hybridized carbons (Fsp3) is 0.333. The number of aromatic nitrogens is 2. The third kappa shape index (κ3) is 5.61. The number of hydrogen-bond donors (Lipinski definition) is 0. The van der Waals surface area contributed by atoms with Crippen LogP contribution in [0.2, 0.25) is 0 Å². The Kier molecular flexibility index (Phi) is 6.97. The molecule has 2 nitrogen and oxygen atoms in total. The fourth-order valence-electron chi connectivity index (χ4n) is 4.43. The summed E-state index contributed by atoms with van der Waals surface area (Å²) in [6.07, 6.45) is 4.48. The molecule has 7 heteroatoms. The van der Waals surface area contributed by atoms with E-state index >= 15 is 0 Å². The molecule has 0 saturated heterocycles. The van der Waals surface area contributed by atoms with Gasteiger partial charge in [-0.2, -0.15) is 13.2 Å². The second-order valence-electron chi connectivity index (χ2n) is 8.61. The van der Waals surface area contributed by atoms with E-state index in [0.29, 0.717) is 5.92 Å². The Bertz CT molecular complexity index is 1170. The standard InChI is InChI=1S/C27H23F5N2/c1-2-17-3-5-18(6-4-17)19-7-9-20(10-8-19)22-15-33-26(34-16-22)21-13-24(28)23(25(29)14-21)11-12-27(30,31)32/h7-10,13-18H,2-6H2,1H3. The fourth-order valence-corrected chi connectivity index (χ4v) is 4.43. The van der Waals surface area contributed by atoms with E-state index in [9.17, 15) is 22.0 Å². The summed E-state index contributed by atoms with van der Waals surface area (Å²) in [6.45, 7) is 2.25. The predicted molar refractivity (Wildman–Crippen MR) is 121 cm³/mol. The van der Waals surface area contributed by atoms with Gasteiger partial charge < -0.3 is 0 Å². The highest BCUT2D eigenvalue weighted by atomic mass is 19.4. The lowest BCUT2D eigenvalue weighted by atomic mass is 9.78. The topological polar surface area (TPSA) is 25.8 Å². The molecule has 0 unspecified atom stereocenters. The van der Waals surface area contributed by atoms with E-state index in [1.165, 1.54) is 43.6 Å². The van der Waals surface area contributed by atoms with E-state index in [2.05, 4.69) is 29.0 Å². The van der Waals surface area contributed by atoms with Gasteiger partial charge >= 0.3 is 6.18 Å². The van der Waals surface area contributed by atoms with Crippen LogP contribution in [0.4, 0.5) is 22.0 Å². The van der Waals surface area contributed by atoms with Crippen LogP contribution in [0.15, 0.2) is 48.8 Å². The van der Waals surface area contributed by atoms with Gasteiger partial charge in [-0.25, -0.2) is 18.7 Å². The van der Waals surface area contributed by atoms with Crippen molar-refractivity contribution >= 4 is 0 Å². The lowest BCUT2D eigenvalue weighted by molar-refractivity contribution is -0.0696. The Morgan fingerprint density at radius 1 is 0.853 bits per heavy atom. The molecule has 0 radical (unpaired) electrons. The molecule has 0 aliphatic heterocycles. The van der Waals surface area contributed by atoms with Gasteiger partial charge in [-0.3, -0.25) is 0 Å². The van der Waals surface area contributed by atoms with Crippen molar-refractivity contribution in [1.82, 2.24) is 9.97 Å². The molecular weight excluding hydrogens is 447 g/mol. The Hall–Kier alpha value is -3.27. The summed E-state index contributed by atoms with van der Waals surface area (Å²) in [6, 6.07) is 10.1. The summed E-state index contributed by atoms with van der Waals surface area (Å²) >= 11 is 0. The molecule has 0 amide bonds. The van der Waals surface area contributed by atoms with Gasteiger partial charge in [-0.1, -0.05) is 43.5 Å². The molecule has 2 aromatic carbocycles. The maximum Gasteiger partial charge on any atom is 0.458 e. The Labute approximate surface area is 195 Å². The highest BCUT2D eigenvalue weighted by molar-refractivity contribution is 5.64. The summed E-state index contributed by atoms with van der Waals surface area (Å²) < 4.78 is 65.1. The molecule has 0 spiro atoms. The molecule has 0 N–H and O–H groups in total. The van der Waals surface area contributed by atoms with Gasteiger partial charge in [0.15, 0.2) is 5.82 Å². The minimum atomic E-state index is -4.84. The van der Waals surface area contributed by atoms with Crippen LogP contribution in [0.1, 0.15) is 56.1 Å². The Morgan fingerprint density at radius 3 is 1.97 bits per heavy atom. The van der Waals surface area contributed by atoms with Crippen molar-refractivity contribution in [2.45, 2.75) is 51.1 Å². The average molecular weight is 470 g/mol. The molecule has 1 aromatic heterocycles. The van der Waals surface area contributed by atoms with Crippen LogP contribution >= 0.6 is 0 Å². The summed E-state index contributed by atoms with van der Waals surface area (Å²) in [4.78, 5) is 8.38. The molecule has 0 atom stereocenters. The first kappa shape index (κ1) is 23.9. The first-order chi connectivity index (χ1) is 16.2. The molecule has 1 heterocycles. The summed E-state index contributed by atoms with van der Waals surface area (Å²) in [5.74, 6) is 1.45. The minimum Gasteiger partial charge on any atom is -0.236 e. The van der Waals surface area contributed by atoms with Crippen molar-refractivity contribution in [3.05, 3.63) is 71.6 Å². The lowest BCUT2D eigenvalue weighted by Crippen LogP contribution is -2.12. The molecule has 3 aromatic rings. The van der Waals surface area contributed by atoms with Crippen molar-refractivity contribution in [2.75, 3.05) is 0 Å². The van der Waals surface area contributed by atoms with Gasteiger partial charge in [-0.05, 0) is 60.8 Å². The van der Waals surface area contributed by atoms with Crippen molar-refractivity contribution in [1.29, 1.82) is 0 Å². The average Bonchev–Trinajstić information content (AvgIpc) is 2.83. The van der Waals surface area contributed by atoms with Gasteiger partial charge in [0.2, 0.25) is 0 Å². The first-order valence-corrected chi connectivity index (χ1v) is 11.2. The SMILES string of the molecule is CCC1CCC(c2ccc(-c3cnc(-c4cc(F)c(C#CC(F)(F)F)c(F)c4)nc3)cc2)CC1. The first-order valence-electron chi connectivity index (χ1n) is 11.2. The summed E-state index contributed by atoms with van der Waals surface area (Å²) in [5.41, 5.74) is 2.07. The lowest BCUT2D eigenvalue weighted by Gasteiger charge is -2.28. The zero-order chi connectivity index (χ0) is 24.3. The molecule has 1 saturated carbocycles. The molecular formula is C27H23F5N2. The van der Waals surface area contributed by atoms with Crippen molar-refractivity contribution in [3.63, 3.8) is 0 Å². The molecule has 4 rings (SSSR count). The number of alkyl halides is 3. The second kappa shape index (κ2) is 9.92. The van der Waals surface area contributed by atoms with E-state index in [-0.39, 0.29) is 11.4 Å². The Balaban J connectivity index is 1.49. The highest BCUT2D eigenvalue weighted by Crippen LogP contribution is 2.37. The number of rotatable bonds is 4. The summed E-state index contributed by atoms with van der Waals surface area (Å²) in [5, 5.41) is 0. The maximum absolute atomic E-state index is 14.2. The zero-order valence-corrected chi connectivity index (χ0v) is 18.6. The smallest absolute Gasteiger partial charge is 0.236 e. The van der Waals surface area contributed by atoms with Gasteiger partial charge in [0.1, 0.15) is 11.6 Å². The normalized spacial score (nSPS) is 18.3. The predicted octanol–water partition coefficient (Wildman–Crippen LogP) is 7.69. The van der Waals surface area contributed by atoms with Crippen molar-refractivity contribution in [2.24, 2.45) is 5.92 Å². The van der Waals surface area contributed by atoms with Crippen LogP contribution in [0.25, 0.3) is 22.5 Å². The van der Waals surface area contributed by atoms with Gasteiger partial charge in [0.25, 0.3) is 0 Å². The summed E-state index contributed by atoms with van der Waals surface area (Å²) in [7, 11) is 0. The number of benzene rings is 2. The van der Waals surface area contributed by atoms with Crippen molar-refractivity contribution in [3.8, 4) is 34.4 Å². The van der Waals surface area contributed by atoms with E-state index in [1.54, 1.807) is 12.4 Å². The van der Waals surface area contributed by atoms with Gasteiger partial charge in [-0.15, -0.1) is 0 Å². The van der Waals surface area contributed by atoms with Crippen LogP contribution in [0.5, 0.6) is 0 Å². The van der Waals surface area contributed by atoms with Crippen LogP contribution in [-0.4, -0.2) is 16.1 Å². The number of nitrogens with zero attached hydrogens (tertiary/aromatic N) is 2. The molecule has 1 aliphatic rings. The third-order valence-electron chi connectivity index (χ3n) is 6.42. The largest absolute Gasteiger partial charge is 0.458 e. The van der Waals surface area contributed by atoms with E-state index in [0.717, 1.165) is 35.1 Å². The van der Waals surface area contributed by atoms with Crippen LogP contribution < -0.4 is 0 Å². The molecule has 1 fully saturated rings. The van der Waals surface area contributed by atoms with E-state index in [1.807, 2.05) is 12.1 Å². The van der Waals surface area contributed by atoms with Crippen LogP contribution in [0.3, 0.4) is 0 Å². The Morgan fingerprint density at radius 2 is 1.44 bits per heavy atom. The maximum atomic E-state index is 14.2. The van der Waals surface area contributed by atoms with E-state index < -0.39 is 23.4 Å². The van der Waals surface area contributed by atoms with Crippen LogP contribution in [0, 0.1) is 29.4 Å². The van der Waals surface area contributed by atoms with Crippen molar-refractivity contribution < 1.29 is 22.0 Å². The zero-order valence-electron chi connectivity index (χ0n) is 18.6. The quantitative estimate of drug-likeness (QED) is 0.289. The molecule has 34 heavy (non-hydrogen) atoms. The molecule has 0 bridgehead atoms. The minimum absolute atomic E-state index is 0.0112. The second-order valence-corrected chi connectivity index (χ2v) is 8.61. The number of halogens is 5. The van der Waals surface area contributed by atoms with E-state index in [4.69, 9.17) is 0 Å². The van der Waals surface area contributed by atoms with Gasteiger partial charge in [0.05, 0.1) is 5.56 Å². The monoisotopic (exact) mass is 470 g/mol. The molecule has 176 valence electrons. The molecule has 1 aliphatic carbocycles.